The van der Waals surface area contributed by atoms with Crippen molar-refractivity contribution >= 4 is 34.6 Å². The quantitative estimate of drug-likeness (QED) is 0.228. The Morgan fingerprint density at radius 3 is 2.34 bits per heavy atom. The van der Waals surface area contributed by atoms with Gasteiger partial charge in [-0.05, 0) is 70.9 Å². The van der Waals surface area contributed by atoms with Gasteiger partial charge < -0.3 is 9.47 Å². The number of amides is 1. The van der Waals surface area contributed by atoms with Gasteiger partial charge in [0.1, 0.15) is 12.4 Å². The number of benzene rings is 4. The molecule has 4 aromatic carbocycles. The zero-order valence-corrected chi connectivity index (χ0v) is 21.5. The number of hydrogen-bond donors (Lipinski definition) is 0. The second-order valence-electron chi connectivity index (χ2n) is 8.55. The third kappa shape index (κ3) is 6.12. The van der Waals surface area contributed by atoms with Gasteiger partial charge in [-0.1, -0.05) is 66.7 Å². The molecule has 0 aromatic heterocycles. The van der Waals surface area contributed by atoms with E-state index in [9.17, 15) is 9.18 Å². The van der Waals surface area contributed by atoms with E-state index in [4.69, 9.17) is 14.5 Å². The number of thioether (sulfide) groups is 1. The summed E-state index contributed by atoms with van der Waals surface area (Å²) in [5.74, 6) is 0.626. The number of carbonyl (C=O) groups is 1. The summed E-state index contributed by atoms with van der Waals surface area (Å²) in [5, 5.41) is 0.623. The summed E-state index contributed by atoms with van der Waals surface area (Å²) in [6.45, 7) is 0.627. The number of hydrogen-bond acceptors (Lipinski definition) is 5. The maximum absolute atomic E-state index is 13.5. The van der Waals surface area contributed by atoms with Crippen LogP contribution in [0.2, 0.25) is 0 Å². The molecule has 0 saturated carbocycles. The number of ether oxygens (including phenoxy) is 2. The highest BCUT2D eigenvalue weighted by molar-refractivity contribution is 8.18. The fourth-order valence-electron chi connectivity index (χ4n) is 3.94. The molecule has 7 heteroatoms. The summed E-state index contributed by atoms with van der Waals surface area (Å²) in [6, 6.07) is 31.2. The van der Waals surface area contributed by atoms with Gasteiger partial charge in [-0.25, -0.2) is 9.38 Å². The van der Waals surface area contributed by atoms with E-state index in [1.807, 2.05) is 78.9 Å². The van der Waals surface area contributed by atoms with Crippen molar-refractivity contribution in [2.24, 2.45) is 4.99 Å². The van der Waals surface area contributed by atoms with Crippen molar-refractivity contribution in [1.29, 1.82) is 0 Å². The molecule has 1 amide bonds. The van der Waals surface area contributed by atoms with Crippen LogP contribution in [-0.2, 0) is 17.9 Å². The summed E-state index contributed by atoms with van der Waals surface area (Å²) in [6.07, 6.45) is 1.83. The standard InChI is InChI=1S/C31H25FN2O3S/c1-36-28-18-23(15-16-27(28)37-21-24-11-8-12-25(32)17-24)19-29-30(35)34(20-22-9-4-2-5-10-22)31(38-29)33-26-13-6-3-7-14-26/h2-19H,20-21H2,1H3/b29-19+,33-31?. The zero-order chi connectivity index (χ0) is 26.3. The second-order valence-corrected chi connectivity index (χ2v) is 9.56. The number of carbonyl (C=O) groups excluding carboxylic acids is 1. The lowest BCUT2D eigenvalue weighted by Crippen LogP contribution is -2.28. The number of rotatable bonds is 8. The number of halogens is 1. The molecule has 5 rings (SSSR count). The van der Waals surface area contributed by atoms with E-state index < -0.39 is 0 Å². The second kappa shape index (κ2) is 11.8. The van der Waals surface area contributed by atoms with Gasteiger partial charge in [-0.2, -0.15) is 0 Å². The Bertz CT molecular complexity index is 1490. The third-order valence-electron chi connectivity index (χ3n) is 5.82. The topological polar surface area (TPSA) is 51.1 Å². The fourth-order valence-corrected chi connectivity index (χ4v) is 4.94. The minimum Gasteiger partial charge on any atom is -0.493 e. The summed E-state index contributed by atoms with van der Waals surface area (Å²) in [7, 11) is 1.56. The SMILES string of the molecule is COc1cc(/C=C2/SC(=Nc3ccccc3)N(Cc3ccccc3)C2=O)ccc1OCc1cccc(F)c1. The van der Waals surface area contributed by atoms with E-state index in [2.05, 4.69) is 0 Å². The first-order chi connectivity index (χ1) is 18.6. The zero-order valence-electron chi connectivity index (χ0n) is 20.7. The maximum Gasteiger partial charge on any atom is 0.267 e. The van der Waals surface area contributed by atoms with Gasteiger partial charge in [0.25, 0.3) is 5.91 Å². The van der Waals surface area contributed by atoms with Gasteiger partial charge >= 0.3 is 0 Å². The Balaban J connectivity index is 1.40. The monoisotopic (exact) mass is 524 g/mol. The van der Waals surface area contributed by atoms with Gasteiger partial charge in [-0.3, -0.25) is 9.69 Å². The lowest BCUT2D eigenvalue weighted by Gasteiger charge is -2.15. The van der Waals surface area contributed by atoms with E-state index in [1.54, 1.807) is 30.2 Å². The molecule has 1 fully saturated rings. The molecule has 1 aliphatic rings. The molecule has 190 valence electrons. The molecule has 0 radical (unpaired) electrons. The van der Waals surface area contributed by atoms with Gasteiger partial charge in [0, 0.05) is 0 Å². The van der Waals surface area contributed by atoms with Crippen LogP contribution < -0.4 is 9.47 Å². The van der Waals surface area contributed by atoms with E-state index in [0.717, 1.165) is 22.4 Å². The third-order valence-corrected chi connectivity index (χ3v) is 6.83. The fraction of sp³-hybridized carbons (Fsp3) is 0.0968. The highest BCUT2D eigenvalue weighted by Gasteiger charge is 2.33. The molecule has 1 heterocycles. The van der Waals surface area contributed by atoms with Gasteiger partial charge in [0.2, 0.25) is 0 Å². The Morgan fingerprint density at radius 2 is 1.61 bits per heavy atom. The van der Waals surface area contributed by atoms with E-state index in [1.165, 1.54) is 23.9 Å². The van der Waals surface area contributed by atoms with Crippen LogP contribution in [0.1, 0.15) is 16.7 Å². The maximum atomic E-state index is 13.5. The summed E-state index contributed by atoms with van der Waals surface area (Å²) < 4.78 is 24.9. The molecule has 38 heavy (non-hydrogen) atoms. The van der Waals surface area contributed by atoms with Crippen molar-refractivity contribution < 1.29 is 18.7 Å². The first-order valence-corrected chi connectivity index (χ1v) is 12.8. The molecule has 1 saturated heterocycles. The molecule has 0 N–H and O–H groups in total. The van der Waals surface area contributed by atoms with Crippen LogP contribution in [0, 0.1) is 5.82 Å². The predicted molar refractivity (Wildman–Crippen MR) is 150 cm³/mol. The highest BCUT2D eigenvalue weighted by atomic mass is 32.2. The molecular formula is C31H25FN2O3S. The Hall–Kier alpha value is -4.36. The van der Waals surface area contributed by atoms with Crippen molar-refractivity contribution in [2.45, 2.75) is 13.2 Å². The Labute approximate surface area is 225 Å². The van der Waals surface area contributed by atoms with E-state index in [0.29, 0.717) is 28.1 Å². The smallest absolute Gasteiger partial charge is 0.267 e. The van der Waals surface area contributed by atoms with E-state index in [-0.39, 0.29) is 18.3 Å². The van der Waals surface area contributed by atoms with Gasteiger partial charge in [0.05, 0.1) is 24.2 Å². The first-order valence-electron chi connectivity index (χ1n) is 12.0. The van der Waals surface area contributed by atoms with Crippen LogP contribution in [0.25, 0.3) is 6.08 Å². The molecule has 5 nitrogen and oxygen atoms in total. The average molecular weight is 525 g/mol. The van der Waals surface area contributed by atoms with Crippen LogP contribution in [0.5, 0.6) is 11.5 Å². The Morgan fingerprint density at radius 1 is 0.868 bits per heavy atom. The molecular weight excluding hydrogens is 499 g/mol. The summed E-state index contributed by atoms with van der Waals surface area (Å²) in [4.78, 5) is 20.5. The molecule has 1 aliphatic heterocycles. The van der Waals surface area contributed by atoms with Gasteiger partial charge in [0.15, 0.2) is 16.7 Å². The normalized spacial score (nSPS) is 15.3. The molecule has 0 spiro atoms. The van der Waals surface area contributed by atoms with Crippen LogP contribution in [0.15, 0.2) is 113 Å². The Kier molecular flexibility index (Phi) is 7.85. The van der Waals surface area contributed by atoms with Gasteiger partial charge in [-0.15, -0.1) is 0 Å². The van der Waals surface area contributed by atoms with Crippen LogP contribution in [0.4, 0.5) is 10.1 Å². The van der Waals surface area contributed by atoms with Crippen molar-refractivity contribution in [1.82, 2.24) is 4.90 Å². The predicted octanol–water partition coefficient (Wildman–Crippen LogP) is 7.22. The lowest BCUT2D eigenvalue weighted by molar-refractivity contribution is -0.122. The average Bonchev–Trinajstić information content (AvgIpc) is 3.22. The summed E-state index contributed by atoms with van der Waals surface area (Å²) >= 11 is 1.34. The molecule has 4 aromatic rings. The number of aliphatic imine (C=N–C) groups is 1. The molecule has 0 atom stereocenters. The van der Waals surface area contributed by atoms with E-state index >= 15 is 0 Å². The largest absolute Gasteiger partial charge is 0.493 e. The van der Waals surface area contributed by atoms with Crippen LogP contribution in [-0.4, -0.2) is 23.1 Å². The number of nitrogens with zero attached hydrogens (tertiary/aromatic N) is 2. The minimum atomic E-state index is -0.310. The van der Waals surface area contributed by atoms with Crippen LogP contribution in [0.3, 0.4) is 0 Å². The van der Waals surface area contributed by atoms with Crippen molar-refractivity contribution in [3.05, 3.63) is 131 Å². The molecule has 0 bridgehead atoms. The molecule has 0 unspecified atom stereocenters. The van der Waals surface area contributed by atoms with Crippen molar-refractivity contribution in [2.75, 3.05) is 7.11 Å². The number of para-hydroxylation sites is 1. The lowest BCUT2D eigenvalue weighted by atomic mass is 10.1. The highest BCUT2D eigenvalue weighted by Crippen LogP contribution is 2.37. The minimum absolute atomic E-state index is 0.112. The number of methoxy groups -OCH3 is 1. The number of amidine groups is 1. The summed E-state index contributed by atoms with van der Waals surface area (Å²) in [5.41, 5.74) is 3.31. The van der Waals surface area contributed by atoms with Crippen LogP contribution >= 0.6 is 11.8 Å². The molecule has 0 aliphatic carbocycles. The first kappa shape index (κ1) is 25.3. The van der Waals surface area contributed by atoms with Crippen molar-refractivity contribution in [3.63, 3.8) is 0 Å². The van der Waals surface area contributed by atoms with Crippen molar-refractivity contribution in [3.8, 4) is 11.5 Å².